The Bertz CT molecular complexity index is 563. The van der Waals surface area contributed by atoms with Crippen molar-refractivity contribution in [3.8, 4) is 0 Å². The zero-order chi connectivity index (χ0) is 17.3. The Hall–Kier alpha value is -1.55. The van der Waals surface area contributed by atoms with Gasteiger partial charge in [0.05, 0.1) is 0 Å². The zero-order valence-electron chi connectivity index (χ0n) is 15.6. The van der Waals surface area contributed by atoms with Gasteiger partial charge in [0.2, 0.25) is 5.91 Å². The molecule has 132 valence electrons. The smallest absolute Gasteiger partial charge is 0.225 e. The van der Waals surface area contributed by atoms with Crippen LogP contribution < -0.4 is 4.90 Å². The van der Waals surface area contributed by atoms with Gasteiger partial charge >= 0.3 is 0 Å². The van der Waals surface area contributed by atoms with Crippen molar-refractivity contribution in [2.24, 2.45) is 11.3 Å². The van der Waals surface area contributed by atoms with E-state index in [0.29, 0.717) is 11.3 Å². The van der Waals surface area contributed by atoms with Crippen LogP contribution in [0.2, 0.25) is 0 Å². The summed E-state index contributed by atoms with van der Waals surface area (Å²) < 4.78 is 0. The monoisotopic (exact) mass is 329 g/mol. The Morgan fingerprint density at radius 2 is 1.71 bits per heavy atom. The summed E-state index contributed by atoms with van der Waals surface area (Å²) in [6, 6.07) is 8.88. The summed E-state index contributed by atoms with van der Waals surface area (Å²) in [5, 5.41) is 0. The molecule has 0 radical (unpaired) electrons. The summed E-state index contributed by atoms with van der Waals surface area (Å²) in [4.78, 5) is 18.8. The van der Waals surface area contributed by atoms with Gasteiger partial charge in [-0.3, -0.25) is 9.69 Å². The minimum Gasteiger partial charge on any atom is -0.378 e. The number of carbonyl (C=O) groups excluding carboxylic acids is 1. The van der Waals surface area contributed by atoms with Crippen LogP contribution in [0, 0.1) is 11.3 Å². The third kappa shape index (κ3) is 3.59. The molecule has 3 rings (SSSR count). The largest absolute Gasteiger partial charge is 0.378 e. The van der Waals surface area contributed by atoms with Crippen LogP contribution in [0.4, 0.5) is 5.69 Å². The number of nitrogens with zero attached hydrogens (tertiary/aromatic N) is 3. The number of anilines is 1. The molecule has 0 saturated carbocycles. The Labute approximate surface area is 146 Å². The first kappa shape index (κ1) is 17.3. The second-order valence-corrected chi connectivity index (χ2v) is 8.19. The van der Waals surface area contributed by atoms with Crippen molar-refractivity contribution in [3.05, 3.63) is 29.8 Å². The van der Waals surface area contributed by atoms with Crippen molar-refractivity contribution in [1.82, 2.24) is 9.80 Å². The summed E-state index contributed by atoms with van der Waals surface area (Å²) in [6.07, 6.45) is 2.45. The van der Waals surface area contributed by atoms with Crippen LogP contribution in [-0.4, -0.2) is 56.0 Å². The second kappa shape index (κ2) is 6.75. The number of benzene rings is 1. The highest BCUT2D eigenvalue weighted by Crippen LogP contribution is 2.41. The molecule has 2 aliphatic rings. The highest BCUT2D eigenvalue weighted by atomic mass is 16.2. The Kier molecular flexibility index (Phi) is 4.86. The number of rotatable bonds is 4. The lowest BCUT2D eigenvalue weighted by molar-refractivity contribution is -0.150. The predicted octanol–water partition coefficient (Wildman–Crippen LogP) is 2.83. The van der Waals surface area contributed by atoms with E-state index in [-0.39, 0.29) is 5.92 Å². The summed E-state index contributed by atoms with van der Waals surface area (Å²) in [5.74, 6) is 0.455. The van der Waals surface area contributed by atoms with E-state index in [4.69, 9.17) is 0 Å². The van der Waals surface area contributed by atoms with E-state index in [1.54, 1.807) is 0 Å². The summed E-state index contributed by atoms with van der Waals surface area (Å²) in [6.45, 7) is 9.30. The fourth-order valence-electron chi connectivity index (χ4n) is 3.94. The minimum atomic E-state index is 0.132. The van der Waals surface area contributed by atoms with Crippen LogP contribution in [0.25, 0.3) is 0 Å². The van der Waals surface area contributed by atoms with E-state index in [9.17, 15) is 4.79 Å². The Balaban J connectivity index is 1.47. The molecule has 0 atom stereocenters. The first-order valence-electron chi connectivity index (χ1n) is 9.16. The maximum Gasteiger partial charge on any atom is 0.225 e. The third-order valence-electron chi connectivity index (χ3n) is 5.63. The molecule has 0 bridgehead atoms. The fourth-order valence-corrected chi connectivity index (χ4v) is 3.94. The minimum absolute atomic E-state index is 0.132. The highest BCUT2D eigenvalue weighted by Gasteiger charge is 2.46. The first-order valence-corrected chi connectivity index (χ1v) is 9.16. The maximum atomic E-state index is 12.0. The van der Waals surface area contributed by atoms with Gasteiger partial charge in [-0.1, -0.05) is 26.0 Å². The molecule has 4 nitrogen and oxygen atoms in total. The Morgan fingerprint density at radius 1 is 1.12 bits per heavy atom. The van der Waals surface area contributed by atoms with Gasteiger partial charge in [-0.2, -0.15) is 0 Å². The van der Waals surface area contributed by atoms with Crippen LogP contribution in [0.5, 0.6) is 0 Å². The molecular weight excluding hydrogens is 298 g/mol. The lowest BCUT2D eigenvalue weighted by atomic mass is 9.71. The molecule has 4 heteroatoms. The molecule has 0 unspecified atom stereocenters. The molecule has 2 fully saturated rings. The van der Waals surface area contributed by atoms with Crippen molar-refractivity contribution in [3.63, 3.8) is 0 Å². The van der Waals surface area contributed by atoms with E-state index < -0.39 is 0 Å². The van der Waals surface area contributed by atoms with Gasteiger partial charge in [0.1, 0.15) is 0 Å². The van der Waals surface area contributed by atoms with E-state index in [1.165, 1.54) is 24.1 Å². The van der Waals surface area contributed by atoms with Gasteiger partial charge in [-0.05, 0) is 43.6 Å². The highest BCUT2D eigenvalue weighted by molar-refractivity contribution is 5.79. The second-order valence-electron chi connectivity index (χ2n) is 8.19. The van der Waals surface area contributed by atoms with Gasteiger partial charge in [-0.25, -0.2) is 0 Å². The SMILES string of the molecule is CC(C)C(=O)N1CC2(CCN(Cc3ccc(N(C)C)cc3)CC2)C1. The van der Waals surface area contributed by atoms with Crippen molar-refractivity contribution in [2.75, 3.05) is 45.2 Å². The van der Waals surface area contributed by atoms with Gasteiger partial charge in [0.15, 0.2) is 0 Å². The molecule has 0 aromatic heterocycles. The Morgan fingerprint density at radius 3 is 2.21 bits per heavy atom. The lowest BCUT2D eigenvalue weighted by Gasteiger charge is -2.54. The van der Waals surface area contributed by atoms with Gasteiger partial charge in [0.25, 0.3) is 0 Å². The lowest BCUT2D eigenvalue weighted by Crippen LogP contribution is -2.62. The molecule has 1 aromatic rings. The standard InChI is InChI=1S/C20H31N3O/c1-16(2)19(24)23-14-20(15-23)9-11-22(12-10-20)13-17-5-7-18(8-6-17)21(3)4/h5-8,16H,9-15H2,1-4H3. The molecule has 2 heterocycles. The molecule has 1 aromatic carbocycles. The van der Waals surface area contributed by atoms with Crippen molar-refractivity contribution in [2.45, 2.75) is 33.2 Å². The van der Waals surface area contributed by atoms with Gasteiger partial charge in [0, 0.05) is 50.7 Å². The topological polar surface area (TPSA) is 26.8 Å². The molecular formula is C20H31N3O. The van der Waals surface area contributed by atoms with Gasteiger partial charge in [-0.15, -0.1) is 0 Å². The van der Waals surface area contributed by atoms with Crippen molar-refractivity contribution < 1.29 is 4.79 Å². The number of amides is 1. The van der Waals surface area contributed by atoms with Crippen LogP contribution in [0.3, 0.4) is 0 Å². The number of carbonyl (C=O) groups is 1. The third-order valence-corrected chi connectivity index (χ3v) is 5.63. The summed E-state index contributed by atoms with van der Waals surface area (Å²) in [5.41, 5.74) is 3.05. The van der Waals surface area contributed by atoms with E-state index in [0.717, 1.165) is 32.7 Å². The normalized spacial score (nSPS) is 20.3. The molecule has 2 saturated heterocycles. The molecule has 1 spiro atoms. The van der Waals surface area contributed by atoms with Gasteiger partial charge < -0.3 is 9.80 Å². The van der Waals surface area contributed by atoms with Crippen molar-refractivity contribution >= 4 is 11.6 Å². The molecule has 0 N–H and O–H groups in total. The predicted molar refractivity (Wildman–Crippen MR) is 99.1 cm³/mol. The summed E-state index contributed by atoms with van der Waals surface area (Å²) >= 11 is 0. The van der Waals surface area contributed by atoms with E-state index >= 15 is 0 Å². The maximum absolute atomic E-state index is 12.0. The van der Waals surface area contributed by atoms with Crippen LogP contribution >= 0.6 is 0 Å². The molecule has 0 aliphatic carbocycles. The summed E-state index contributed by atoms with van der Waals surface area (Å²) in [7, 11) is 4.15. The van der Waals surface area contributed by atoms with E-state index in [2.05, 4.69) is 53.1 Å². The number of hydrogen-bond acceptors (Lipinski definition) is 3. The molecule has 2 aliphatic heterocycles. The van der Waals surface area contributed by atoms with E-state index in [1.807, 2.05) is 13.8 Å². The van der Waals surface area contributed by atoms with Crippen LogP contribution in [-0.2, 0) is 11.3 Å². The average molecular weight is 329 g/mol. The molecule has 24 heavy (non-hydrogen) atoms. The quantitative estimate of drug-likeness (QED) is 0.850. The van der Waals surface area contributed by atoms with Crippen molar-refractivity contribution in [1.29, 1.82) is 0 Å². The number of hydrogen-bond donors (Lipinski definition) is 0. The number of piperidine rings is 1. The fraction of sp³-hybridized carbons (Fsp3) is 0.650. The van der Waals surface area contributed by atoms with Crippen LogP contribution in [0.15, 0.2) is 24.3 Å². The average Bonchev–Trinajstić information content (AvgIpc) is 2.53. The zero-order valence-corrected chi connectivity index (χ0v) is 15.6. The first-order chi connectivity index (χ1) is 11.4. The van der Waals surface area contributed by atoms with Crippen LogP contribution in [0.1, 0.15) is 32.3 Å². The number of likely N-dealkylation sites (tertiary alicyclic amines) is 2. The molecule has 1 amide bonds.